The molecule has 30 heavy (non-hydrogen) atoms. The molecule has 0 unspecified atom stereocenters. The molecule has 3 heteroatoms. The summed E-state index contributed by atoms with van der Waals surface area (Å²) < 4.78 is 0. The van der Waals surface area contributed by atoms with Gasteiger partial charge in [-0.05, 0) is 37.1 Å². The van der Waals surface area contributed by atoms with Crippen molar-refractivity contribution in [2.45, 2.75) is 13.8 Å². The third-order valence-corrected chi connectivity index (χ3v) is 5.11. The number of nitrogens with zero attached hydrogens (tertiary/aromatic N) is 1. The lowest BCUT2D eigenvalue weighted by molar-refractivity contribution is 0.100. The molecule has 0 N–H and O–H groups in total. The second-order valence-electron chi connectivity index (χ2n) is 7.26. The first kappa shape index (κ1) is 19.5. The molecule has 3 aromatic carbocycles. The second kappa shape index (κ2) is 8.26. The summed E-state index contributed by atoms with van der Waals surface area (Å²) >= 11 is 0. The zero-order valence-electron chi connectivity index (χ0n) is 16.9. The second-order valence-corrected chi connectivity index (χ2v) is 7.26. The Bertz CT molecular complexity index is 1130. The molecule has 0 bridgehead atoms. The number of carbonyl (C=O) groups excluding carboxylic acids is 2. The van der Waals surface area contributed by atoms with E-state index in [9.17, 15) is 9.59 Å². The Kier molecular flexibility index (Phi) is 5.36. The lowest BCUT2D eigenvalue weighted by atomic mass is 9.99. The number of aromatic nitrogens is 1. The Morgan fingerprint density at radius 2 is 0.967 bits per heavy atom. The van der Waals surface area contributed by atoms with Crippen molar-refractivity contribution < 1.29 is 9.59 Å². The molecule has 0 saturated heterocycles. The van der Waals surface area contributed by atoms with E-state index in [0.29, 0.717) is 11.1 Å². The van der Waals surface area contributed by atoms with Crippen molar-refractivity contribution in [1.82, 2.24) is 4.98 Å². The van der Waals surface area contributed by atoms with Gasteiger partial charge in [0.05, 0.1) is 11.4 Å². The topological polar surface area (TPSA) is 47.0 Å². The van der Waals surface area contributed by atoms with Gasteiger partial charge in [-0.3, -0.25) is 9.59 Å². The molecule has 0 aliphatic heterocycles. The number of Topliss-reactive ketones (excluding diaryl/α,β-unsaturated/α-hetero) is 2. The highest BCUT2D eigenvalue weighted by atomic mass is 16.1. The van der Waals surface area contributed by atoms with Crippen molar-refractivity contribution >= 4 is 11.6 Å². The quantitative estimate of drug-likeness (QED) is 0.365. The molecule has 0 atom stereocenters. The van der Waals surface area contributed by atoms with Crippen LogP contribution in [0.3, 0.4) is 0 Å². The predicted molar refractivity (Wildman–Crippen MR) is 121 cm³/mol. The summed E-state index contributed by atoms with van der Waals surface area (Å²) in [4.78, 5) is 28.1. The van der Waals surface area contributed by atoms with Gasteiger partial charge >= 0.3 is 0 Å². The highest BCUT2D eigenvalue weighted by Crippen LogP contribution is 2.30. The minimum absolute atomic E-state index is 0.0406. The zero-order valence-corrected chi connectivity index (χ0v) is 16.9. The van der Waals surface area contributed by atoms with Crippen LogP contribution in [0.5, 0.6) is 0 Å². The smallest absolute Gasteiger partial charge is 0.159 e. The summed E-state index contributed by atoms with van der Waals surface area (Å²) in [6.07, 6.45) is 0. The third kappa shape index (κ3) is 4.11. The van der Waals surface area contributed by atoms with Gasteiger partial charge in [0.1, 0.15) is 0 Å². The Labute approximate surface area is 176 Å². The Morgan fingerprint density at radius 3 is 1.37 bits per heavy atom. The summed E-state index contributed by atoms with van der Waals surface area (Å²) in [6.45, 7) is 3.12. The number of ketones is 2. The first-order chi connectivity index (χ1) is 14.5. The van der Waals surface area contributed by atoms with E-state index in [1.54, 1.807) is 13.8 Å². The largest absolute Gasteiger partial charge is 0.295 e. The highest BCUT2D eigenvalue weighted by molar-refractivity contribution is 5.95. The van der Waals surface area contributed by atoms with Gasteiger partial charge in [0.2, 0.25) is 0 Å². The highest BCUT2D eigenvalue weighted by Gasteiger charge is 2.10. The molecule has 0 radical (unpaired) electrons. The van der Waals surface area contributed by atoms with Crippen molar-refractivity contribution in [3.63, 3.8) is 0 Å². The zero-order chi connectivity index (χ0) is 21.1. The van der Waals surface area contributed by atoms with E-state index in [-0.39, 0.29) is 11.6 Å². The van der Waals surface area contributed by atoms with E-state index >= 15 is 0 Å². The summed E-state index contributed by atoms with van der Waals surface area (Å²) in [5.41, 5.74) is 7.06. The maximum Gasteiger partial charge on any atom is 0.159 e. The van der Waals surface area contributed by atoms with E-state index in [2.05, 4.69) is 24.3 Å². The van der Waals surface area contributed by atoms with E-state index < -0.39 is 0 Å². The van der Waals surface area contributed by atoms with Crippen molar-refractivity contribution in [3.05, 3.63) is 102 Å². The van der Waals surface area contributed by atoms with E-state index in [1.807, 2.05) is 66.7 Å². The van der Waals surface area contributed by atoms with Crippen LogP contribution in [0.2, 0.25) is 0 Å². The van der Waals surface area contributed by atoms with E-state index in [4.69, 9.17) is 4.98 Å². The lowest BCUT2D eigenvalue weighted by Gasteiger charge is -2.11. The fourth-order valence-electron chi connectivity index (χ4n) is 3.38. The number of benzene rings is 3. The number of pyridine rings is 1. The monoisotopic (exact) mass is 391 g/mol. The van der Waals surface area contributed by atoms with Crippen molar-refractivity contribution in [2.75, 3.05) is 0 Å². The fourth-order valence-corrected chi connectivity index (χ4v) is 3.38. The van der Waals surface area contributed by atoms with E-state index in [1.165, 1.54) is 0 Å². The number of carbonyl (C=O) groups is 2. The maximum atomic E-state index is 11.6. The first-order valence-corrected chi connectivity index (χ1v) is 9.81. The van der Waals surface area contributed by atoms with Crippen molar-refractivity contribution in [2.24, 2.45) is 0 Å². The first-order valence-electron chi connectivity index (χ1n) is 9.81. The minimum Gasteiger partial charge on any atom is -0.295 e. The minimum atomic E-state index is 0.0406. The maximum absolute atomic E-state index is 11.6. The van der Waals surface area contributed by atoms with Gasteiger partial charge in [-0.15, -0.1) is 0 Å². The predicted octanol–water partition coefficient (Wildman–Crippen LogP) is 6.49. The Hall–Kier alpha value is -3.85. The van der Waals surface area contributed by atoms with Gasteiger partial charge in [-0.1, -0.05) is 78.9 Å². The van der Waals surface area contributed by atoms with Crippen LogP contribution < -0.4 is 0 Å². The van der Waals surface area contributed by atoms with Crippen LogP contribution in [-0.4, -0.2) is 16.6 Å². The van der Waals surface area contributed by atoms with Crippen LogP contribution in [0.1, 0.15) is 34.6 Å². The van der Waals surface area contributed by atoms with Gasteiger partial charge in [0, 0.05) is 22.3 Å². The van der Waals surface area contributed by atoms with Crippen molar-refractivity contribution in [3.8, 4) is 33.6 Å². The van der Waals surface area contributed by atoms with Crippen LogP contribution in [0, 0.1) is 0 Å². The van der Waals surface area contributed by atoms with Gasteiger partial charge in [-0.25, -0.2) is 4.98 Å². The summed E-state index contributed by atoms with van der Waals surface area (Å²) in [5.74, 6) is 0.0811. The molecule has 1 heterocycles. The van der Waals surface area contributed by atoms with Gasteiger partial charge < -0.3 is 0 Å². The fraction of sp³-hybridized carbons (Fsp3) is 0.0741. The molecule has 4 rings (SSSR count). The van der Waals surface area contributed by atoms with Gasteiger partial charge in [0.25, 0.3) is 0 Å². The molecule has 0 spiro atoms. The lowest BCUT2D eigenvalue weighted by Crippen LogP contribution is -1.95. The summed E-state index contributed by atoms with van der Waals surface area (Å²) in [6, 6.07) is 29.3. The molecular weight excluding hydrogens is 370 g/mol. The molecule has 0 fully saturated rings. The molecule has 0 aliphatic carbocycles. The molecular formula is C27H21NO2. The van der Waals surface area contributed by atoms with Crippen LogP contribution in [0.25, 0.3) is 33.6 Å². The van der Waals surface area contributed by atoms with Crippen LogP contribution in [0.4, 0.5) is 0 Å². The Morgan fingerprint density at radius 1 is 0.533 bits per heavy atom. The third-order valence-electron chi connectivity index (χ3n) is 5.11. The molecule has 146 valence electrons. The summed E-state index contributed by atoms with van der Waals surface area (Å²) in [5, 5.41) is 0. The van der Waals surface area contributed by atoms with Gasteiger partial charge in [0.15, 0.2) is 11.6 Å². The number of rotatable bonds is 5. The number of hydrogen-bond acceptors (Lipinski definition) is 3. The molecule has 0 amide bonds. The average Bonchev–Trinajstić information content (AvgIpc) is 2.79. The molecule has 0 saturated carbocycles. The molecule has 3 nitrogen and oxygen atoms in total. The number of hydrogen-bond donors (Lipinski definition) is 0. The standard InChI is InChI=1S/C27H21NO2/c1-18(29)20-8-12-23(13-9-20)26-16-25(22-6-4-3-5-7-22)17-27(28-26)24-14-10-21(11-15-24)19(2)30/h3-17H,1-2H3. The Balaban J connectivity index is 1.84. The molecule has 0 aliphatic rings. The van der Waals surface area contributed by atoms with Crippen molar-refractivity contribution in [1.29, 1.82) is 0 Å². The normalized spacial score (nSPS) is 10.6. The van der Waals surface area contributed by atoms with Gasteiger partial charge in [-0.2, -0.15) is 0 Å². The van der Waals surface area contributed by atoms with E-state index in [0.717, 1.165) is 33.6 Å². The van der Waals surface area contributed by atoms with Crippen LogP contribution in [-0.2, 0) is 0 Å². The molecule has 1 aromatic heterocycles. The SMILES string of the molecule is CC(=O)c1ccc(-c2cc(-c3ccccc3)cc(-c3ccc(C(C)=O)cc3)n2)cc1. The van der Waals surface area contributed by atoms with Crippen LogP contribution in [0.15, 0.2) is 91.0 Å². The average molecular weight is 391 g/mol. The summed E-state index contributed by atoms with van der Waals surface area (Å²) in [7, 11) is 0. The van der Waals surface area contributed by atoms with Crippen LogP contribution >= 0.6 is 0 Å². The molecule has 4 aromatic rings.